The summed E-state index contributed by atoms with van der Waals surface area (Å²) in [4.78, 5) is 11.3. The zero-order valence-electron chi connectivity index (χ0n) is 11.2. The minimum absolute atomic E-state index is 0.0390. The molecule has 0 aliphatic rings. The summed E-state index contributed by atoms with van der Waals surface area (Å²) in [6, 6.07) is 7.86. The van der Waals surface area contributed by atoms with E-state index in [0.717, 1.165) is 11.3 Å². The van der Waals surface area contributed by atoms with Crippen LogP contribution in [-0.4, -0.2) is 25.7 Å². The predicted octanol–water partition coefficient (Wildman–Crippen LogP) is 2.30. The molecular weight excluding hydrogens is 230 g/mol. The van der Waals surface area contributed by atoms with Gasteiger partial charge in [-0.05, 0) is 26.8 Å². The molecule has 0 heterocycles. The normalized spacial score (nSPS) is 11.9. The number of carbonyl (C=O) groups is 1. The second-order valence-corrected chi connectivity index (χ2v) is 3.88. The van der Waals surface area contributed by atoms with E-state index in [4.69, 9.17) is 9.47 Å². The molecule has 1 unspecified atom stereocenters. The molecule has 0 aromatic heterocycles. The van der Waals surface area contributed by atoms with Gasteiger partial charge in [0.15, 0.2) is 0 Å². The number of hydrogen-bond acceptors (Lipinski definition) is 4. The maximum absolute atomic E-state index is 11.3. The van der Waals surface area contributed by atoms with Gasteiger partial charge in [0.1, 0.15) is 5.75 Å². The average Bonchev–Trinajstić information content (AvgIpc) is 2.37. The van der Waals surface area contributed by atoms with Crippen molar-refractivity contribution < 1.29 is 14.3 Å². The van der Waals surface area contributed by atoms with Gasteiger partial charge in [-0.2, -0.15) is 0 Å². The second-order valence-electron chi connectivity index (χ2n) is 3.88. The molecule has 0 saturated carbocycles. The third-order valence-electron chi connectivity index (χ3n) is 2.54. The van der Waals surface area contributed by atoms with Crippen LogP contribution in [0.25, 0.3) is 0 Å². The summed E-state index contributed by atoms with van der Waals surface area (Å²) in [7, 11) is 0. The number of hydrogen-bond donors (Lipinski definition) is 1. The number of esters is 1. The standard InChI is InChI=1S/C14H21NO3/c1-4-17-13-9-7-6-8-12(13)11(3)15-10-14(16)18-5-2/h6-9,11,15H,4-5,10H2,1-3H3. The molecule has 1 rings (SSSR count). The Hall–Kier alpha value is -1.55. The van der Waals surface area contributed by atoms with Gasteiger partial charge >= 0.3 is 5.97 Å². The molecule has 0 aliphatic carbocycles. The molecule has 1 aromatic rings. The van der Waals surface area contributed by atoms with E-state index < -0.39 is 0 Å². The SMILES string of the molecule is CCOC(=O)CNC(C)c1ccccc1OCC. The lowest BCUT2D eigenvalue weighted by Crippen LogP contribution is -2.27. The number of carbonyl (C=O) groups excluding carboxylic acids is 1. The molecule has 1 N–H and O–H groups in total. The first kappa shape index (κ1) is 14.5. The molecule has 1 aromatic carbocycles. The molecule has 0 bridgehead atoms. The summed E-state index contributed by atoms with van der Waals surface area (Å²) in [6.45, 7) is 6.98. The highest BCUT2D eigenvalue weighted by molar-refractivity contribution is 5.71. The predicted molar refractivity (Wildman–Crippen MR) is 70.7 cm³/mol. The molecule has 0 amide bonds. The van der Waals surface area contributed by atoms with Crippen LogP contribution in [0.2, 0.25) is 0 Å². The molecule has 0 fully saturated rings. The first-order valence-corrected chi connectivity index (χ1v) is 6.29. The summed E-state index contributed by atoms with van der Waals surface area (Å²) in [5, 5.41) is 3.13. The van der Waals surface area contributed by atoms with Crippen LogP contribution in [0.3, 0.4) is 0 Å². The highest BCUT2D eigenvalue weighted by Crippen LogP contribution is 2.24. The van der Waals surface area contributed by atoms with Crippen LogP contribution in [0.1, 0.15) is 32.4 Å². The van der Waals surface area contributed by atoms with Crippen molar-refractivity contribution >= 4 is 5.97 Å². The first-order chi connectivity index (χ1) is 8.69. The number of nitrogens with one attached hydrogen (secondary N) is 1. The molecule has 18 heavy (non-hydrogen) atoms. The van der Waals surface area contributed by atoms with Crippen molar-refractivity contribution in [2.24, 2.45) is 0 Å². The van der Waals surface area contributed by atoms with E-state index in [2.05, 4.69) is 5.32 Å². The number of rotatable bonds is 7. The van der Waals surface area contributed by atoms with Crippen LogP contribution in [0, 0.1) is 0 Å². The van der Waals surface area contributed by atoms with Crippen molar-refractivity contribution in [2.45, 2.75) is 26.8 Å². The highest BCUT2D eigenvalue weighted by Gasteiger charge is 2.12. The van der Waals surface area contributed by atoms with Gasteiger partial charge in [0, 0.05) is 11.6 Å². The van der Waals surface area contributed by atoms with Gasteiger partial charge in [-0.1, -0.05) is 18.2 Å². The lowest BCUT2D eigenvalue weighted by Gasteiger charge is -2.17. The van der Waals surface area contributed by atoms with Gasteiger partial charge in [-0.3, -0.25) is 4.79 Å². The second kappa shape index (κ2) is 7.71. The van der Waals surface area contributed by atoms with Crippen molar-refractivity contribution in [2.75, 3.05) is 19.8 Å². The molecule has 4 nitrogen and oxygen atoms in total. The Balaban J connectivity index is 2.60. The average molecular weight is 251 g/mol. The van der Waals surface area contributed by atoms with Crippen LogP contribution in [0.15, 0.2) is 24.3 Å². The van der Waals surface area contributed by atoms with Crippen molar-refractivity contribution in [1.29, 1.82) is 0 Å². The summed E-state index contributed by atoms with van der Waals surface area (Å²) in [5.74, 6) is 0.613. The third kappa shape index (κ3) is 4.37. The largest absolute Gasteiger partial charge is 0.494 e. The Kier molecular flexibility index (Phi) is 6.22. The van der Waals surface area contributed by atoms with Crippen molar-refractivity contribution in [3.05, 3.63) is 29.8 Å². The zero-order valence-corrected chi connectivity index (χ0v) is 11.2. The van der Waals surface area contributed by atoms with Crippen LogP contribution >= 0.6 is 0 Å². The van der Waals surface area contributed by atoms with Gasteiger partial charge in [0.25, 0.3) is 0 Å². The fraction of sp³-hybridized carbons (Fsp3) is 0.500. The molecule has 0 spiro atoms. The zero-order chi connectivity index (χ0) is 13.4. The van der Waals surface area contributed by atoms with Gasteiger partial charge in [0.2, 0.25) is 0 Å². The Morgan fingerprint density at radius 2 is 2.00 bits per heavy atom. The summed E-state index contributed by atoms with van der Waals surface area (Å²) in [5.41, 5.74) is 1.05. The lowest BCUT2D eigenvalue weighted by molar-refractivity contribution is -0.142. The smallest absolute Gasteiger partial charge is 0.319 e. The molecule has 4 heteroatoms. The Bertz CT molecular complexity index is 379. The van der Waals surface area contributed by atoms with Crippen LogP contribution in [0.4, 0.5) is 0 Å². The molecule has 0 saturated heterocycles. The number of benzene rings is 1. The third-order valence-corrected chi connectivity index (χ3v) is 2.54. The van der Waals surface area contributed by atoms with Crippen LogP contribution in [-0.2, 0) is 9.53 Å². The Morgan fingerprint density at radius 1 is 1.28 bits per heavy atom. The van der Waals surface area contributed by atoms with Gasteiger partial charge in [-0.25, -0.2) is 0 Å². The molecule has 0 aliphatic heterocycles. The Morgan fingerprint density at radius 3 is 2.67 bits per heavy atom. The van der Waals surface area contributed by atoms with Crippen LogP contribution < -0.4 is 10.1 Å². The molecule has 1 atom stereocenters. The van der Waals surface area contributed by atoms with Gasteiger partial charge in [0.05, 0.1) is 19.8 Å². The lowest BCUT2D eigenvalue weighted by atomic mass is 10.1. The quantitative estimate of drug-likeness (QED) is 0.755. The van der Waals surface area contributed by atoms with Crippen molar-refractivity contribution in [1.82, 2.24) is 5.32 Å². The van der Waals surface area contributed by atoms with E-state index in [1.54, 1.807) is 6.92 Å². The van der Waals surface area contributed by atoms with Crippen molar-refractivity contribution in [3.8, 4) is 5.75 Å². The highest BCUT2D eigenvalue weighted by atomic mass is 16.5. The Labute approximate surface area is 108 Å². The number of ether oxygens (including phenoxy) is 2. The van der Waals surface area contributed by atoms with E-state index in [1.807, 2.05) is 38.1 Å². The summed E-state index contributed by atoms with van der Waals surface area (Å²) in [6.07, 6.45) is 0. The van der Waals surface area contributed by atoms with E-state index in [0.29, 0.717) is 13.2 Å². The van der Waals surface area contributed by atoms with Crippen LogP contribution in [0.5, 0.6) is 5.75 Å². The minimum atomic E-state index is -0.238. The minimum Gasteiger partial charge on any atom is -0.494 e. The molecular formula is C14H21NO3. The van der Waals surface area contributed by atoms with E-state index in [-0.39, 0.29) is 18.6 Å². The molecule has 100 valence electrons. The van der Waals surface area contributed by atoms with E-state index >= 15 is 0 Å². The van der Waals surface area contributed by atoms with Gasteiger partial charge < -0.3 is 14.8 Å². The monoisotopic (exact) mass is 251 g/mol. The fourth-order valence-corrected chi connectivity index (χ4v) is 1.68. The van der Waals surface area contributed by atoms with E-state index in [1.165, 1.54) is 0 Å². The van der Waals surface area contributed by atoms with Gasteiger partial charge in [-0.15, -0.1) is 0 Å². The van der Waals surface area contributed by atoms with Crippen molar-refractivity contribution in [3.63, 3.8) is 0 Å². The van der Waals surface area contributed by atoms with E-state index in [9.17, 15) is 4.79 Å². The molecule has 0 radical (unpaired) electrons. The number of para-hydroxylation sites is 1. The maximum atomic E-state index is 11.3. The first-order valence-electron chi connectivity index (χ1n) is 6.29. The summed E-state index contributed by atoms with van der Waals surface area (Å²) >= 11 is 0. The maximum Gasteiger partial charge on any atom is 0.319 e. The topological polar surface area (TPSA) is 47.6 Å². The fourth-order valence-electron chi connectivity index (χ4n) is 1.68. The summed E-state index contributed by atoms with van der Waals surface area (Å²) < 4.78 is 10.4.